The molecule has 6 heteroatoms. The predicted molar refractivity (Wildman–Crippen MR) is 73.2 cm³/mol. The number of piperidine rings is 1. The molecule has 1 aliphatic heterocycles. The molecule has 1 fully saturated rings. The molecule has 0 unspecified atom stereocenters. The number of fused-ring (bicyclic) bond motifs is 1. The van der Waals surface area contributed by atoms with Gasteiger partial charge in [-0.25, -0.2) is 9.97 Å². The van der Waals surface area contributed by atoms with Gasteiger partial charge >= 0.3 is 0 Å². The van der Waals surface area contributed by atoms with E-state index >= 15 is 0 Å². The summed E-state index contributed by atoms with van der Waals surface area (Å²) in [4.78, 5) is 22.2. The Hall–Kier alpha value is -1.36. The number of primary amides is 1. The van der Waals surface area contributed by atoms with E-state index in [-0.39, 0.29) is 11.8 Å². The summed E-state index contributed by atoms with van der Waals surface area (Å²) in [5.41, 5.74) is 7.69. The highest BCUT2D eigenvalue weighted by Crippen LogP contribution is 2.32. The first-order valence-electron chi connectivity index (χ1n) is 6.74. The van der Waals surface area contributed by atoms with Gasteiger partial charge in [0, 0.05) is 18.7 Å². The summed E-state index contributed by atoms with van der Waals surface area (Å²) in [5, 5.41) is 0.303. The summed E-state index contributed by atoms with van der Waals surface area (Å²) in [6, 6.07) is 0. The van der Waals surface area contributed by atoms with Crippen LogP contribution < -0.4 is 10.6 Å². The smallest absolute Gasteiger partial charge is 0.224 e. The summed E-state index contributed by atoms with van der Waals surface area (Å²) in [5.74, 6) is 0.611. The number of carbonyl (C=O) groups is 1. The molecule has 2 aliphatic rings. The first-order chi connectivity index (χ1) is 9.15. The molecule has 0 radical (unpaired) electrons. The number of hydrogen-bond acceptors (Lipinski definition) is 4. The average molecular weight is 281 g/mol. The van der Waals surface area contributed by atoms with Crippen LogP contribution in [0.1, 0.15) is 30.5 Å². The molecule has 2 N–H and O–H groups in total. The van der Waals surface area contributed by atoms with E-state index in [1.165, 1.54) is 5.56 Å². The van der Waals surface area contributed by atoms with E-state index in [0.717, 1.165) is 50.2 Å². The fourth-order valence-corrected chi connectivity index (χ4v) is 3.23. The highest BCUT2D eigenvalue weighted by atomic mass is 35.5. The summed E-state index contributed by atoms with van der Waals surface area (Å²) in [6.45, 7) is 1.55. The Labute approximate surface area is 117 Å². The second-order valence-corrected chi connectivity index (χ2v) is 5.62. The fourth-order valence-electron chi connectivity index (χ4n) is 3.05. The zero-order valence-corrected chi connectivity index (χ0v) is 11.5. The Morgan fingerprint density at radius 3 is 2.95 bits per heavy atom. The van der Waals surface area contributed by atoms with Crippen LogP contribution in [0.25, 0.3) is 0 Å². The van der Waals surface area contributed by atoms with Gasteiger partial charge in [0.25, 0.3) is 0 Å². The minimum atomic E-state index is -0.221. The molecule has 1 amide bonds. The van der Waals surface area contributed by atoms with Crippen molar-refractivity contribution >= 4 is 23.3 Å². The molecule has 1 atom stereocenters. The Morgan fingerprint density at radius 2 is 2.16 bits per heavy atom. The van der Waals surface area contributed by atoms with E-state index in [0.29, 0.717) is 11.8 Å². The third-order valence-electron chi connectivity index (χ3n) is 4.01. The zero-order chi connectivity index (χ0) is 13.4. The monoisotopic (exact) mass is 280 g/mol. The van der Waals surface area contributed by atoms with Crippen molar-refractivity contribution in [1.82, 2.24) is 9.97 Å². The summed E-state index contributed by atoms with van der Waals surface area (Å²) >= 11 is 6.01. The highest BCUT2D eigenvalue weighted by Gasteiger charge is 2.28. The number of anilines is 1. The van der Waals surface area contributed by atoms with Crippen LogP contribution in [0.2, 0.25) is 5.28 Å². The normalized spacial score (nSPS) is 22.4. The van der Waals surface area contributed by atoms with Crippen LogP contribution in [-0.4, -0.2) is 29.0 Å². The zero-order valence-electron chi connectivity index (χ0n) is 10.7. The molecular weight excluding hydrogens is 264 g/mol. The van der Waals surface area contributed by atoms with Crippen molar-refractivity contribution < 1.29 is 4.79 Å². The Morgan fingerprint density at radius 1 is 1.32 bits per heavy atom. The summed E-state index contributed by atoms with van der Waals surface area (Å²) in [6.07, 6.45) is 4.90. The van der Waals surface area contributed by atoms with Crippen molar-refractivity contribution in [3.63, 3.8) is 0 Å². The van der Waals surface area contributed by atoms with Crippen LogP contribution in [-0.2, 0) is 17.6 Å². The van der Waals surface area contributed by atoms with E-state index in [1.807, 2.05) is 0 Å². The third kappa shape index (κ3) is 2.39. The minimum absolute atomic E-state index is 0.0838. The Balaban J connectivity index is 1.91. The minimum Gasteiger partial charge on any atom is -0.369 e. The second-order valence-electron chi connectivity index (χ2n) is 5.28. The van der Waals surface area contributed by atoms with Crippen molar-refractivity contribution in [2.24, 2.45) is 11.7 Å². The van der Waals surface area contributed by atoms with Gasteiger partial charge in [-0.2, -0.15) is 0 Å². The molecule has 102 valence electrons. The average Bonchev–Trinajstić information content (AvgIpc) is 2.85. The van der Waals surface area contributed by atoms with Crippen LogP contribution in [0.3, 0.4) is 0 Å². The topological polar surface area (TPSA) is 72.1 Å². The number of halogens is 1. The maximum atomic E-state index is 11.4. The molecule has 1 aromatic rings. The first-order valence-corrected chi connectivity index (χ1v) is 7.12. The van der Waals surface area contributed by atoms with E-state index < -0.39 is 0 Å². The summed E-state index contributed by atoms with van der Waals surface area (Å²) in [7, 11) is 0. The summed E-state index contributed by atoms with van der Waals surface area (Å²) < 4.78 is 0. The Bertz CT molecular complexity index is 520. The molecule has 5 nitrogen and oxygen atoms in total. The van der Waals surface area contributed by atoms with E-state index in [1.54, 1.807) is 0 Å². The Kier molecular flexibility index (Phi) is 3.31. The molecule has 2 heterocycles. The molecule has 0 spiro atoms. The largest absolute Gasteiger partial charge is 0.369 e. The van der Waals surface area contributed by atoms with Crippen molar-refractivity contribution in [2.45, 2.75) is 32.1 Å². The molecule has 1 aromatic heterocycles. The van der Waals surface area contributed by atoms with Gasteiger partial charge in [-0.05, 0) is 43.7 Å². The number of nitrogens with zero attached hydrogens (tertiary/aromatic N) is 3. The standard InChI is InChI=1S/C13H17ClN4O/c14-13-16-10-5-1-4-9(10)12(17-13)18-6-2-3-8(7-18)11(15)19/h8H,1-7H2,(H2,15,19)/t8-/m1/s1. The van der Waals surface area contributed by atoms with Crippen LogP contribution in [0.4, 0.5) is 5.82 Å². The molecular formula is C13H17ClN4O. The lowest BCUT2D eigenvalue weighted by atomic mass is 9.97. The lowest BCUT2D eigenvalue weighted by molar-refractivity contribution is -0.122. The first kappa shape index (κ1) is 12.7. The number of nitrogens with two attached hydrogens (primary N) is 1. The molecule has 0 bridgehead atoms. The molecule has 19 heavy (non-hydrogen) atoms. The van der Waals surface area contributed by atoms with Gasteiger partial charge in [-0.3, -0.25) is 4.79 Å². The SMILES string of the molecule is NC(=O)[C@@H]1CCCN(c2nc(Cl)nc3c2CCC3)C1. The van der Waals surface area contributed by atoms with Gasteiger partial charge in [0.15, 0.2) is 0 Å². The molecule has 0 aromatic carbocycles. The van der Waals surface area contributed by atoms with E-state index in [2.05, 4.69) is 14.9 Å². The van der Waals surface area contributed by atoms with Crippen LogP contribution in [0.15, 0.2) is 0 Å². The quantitative estimate of drug-likeness (QED) is 0.830. The molecule has 0 saturated carbocycles. The van der Waals surface area contributed by atoms with E-state index in [4.69, 9.17) is 17.3 Å². The number of aromatic nitrogens is 2. The fraction of sp³-hybridized carbons (Fsp3) is 0.615. The van der Waals surface area contributed by atoms with Crippen molar-refractivity contribution in [2.75, 3.05) is 18.0 Å². The number of rotatable bonds is 2. The van der Waals surface area contributed by atoms with Gasteiger partial charge in [-0.1, -0.05) is 0 Å². The number of hydrogen-bond donors (Lipinski definition) is 1. The lowest BCUT2D eigenvalue weighted by Crippen LogP contribution is -2.42. The maximum Gasteiger partial charge on any atom is 0.224 e. The number of aryl methyl sites for hydroxylation is 1. The van der Waals surface area contributed by atoms with E-state index in [9.17, 15) is 4.79 Å². The van der Waals surface area contributed by atoms with Gasteiger partial charge in [-0.15, -0.1) is 0 Å². The van der Waals surface area contributed by atoms with Crippen molar-refractivity contribution in [1.29, 1.82) is 0 Å². The van der Waals surface area contributed by atoms with Crippen LogP contribution in [0.5, 0.6) is 0 Å². The highest BCUT2D eigenvalue weighted by molar-refractivity contribution is 6.28. The van der Waals surface area contributed by atoms with Crippen LogP contribution >= 0.6 is 11.6 Å². The molecule has 1 saturated heterocycles. The lowest BCUT2D eigenvalue weighted by Gasteiger charge is -2.33. The van der Waals surface area contributed by atoms with Crippen molar-refractivity contribution in [3.8, 4) is 0 Å². The number of carbonyl (C=O) groups excluding carboxylic acids is 1. The molecule has 3 rings (SSSR count). The maximum absolute atomic E-state index is 11.4. The second kappa shape index (κ2) is 4.96. The van der Waals surface area contributed by atoms with Gasteiger partial charge in [0.2, 0.25) is 11.2 Å². The van der Waals surface area contributed by atoms with Gasteiger partial charge in [0.1, 0.15) is 5.82 Å². The third-order valence-corrected chi connectivity index (χ3v) is 4.18. The van der Waals surface area contributed by atoms with Gasteiger partial charge < -0.3 is 10.6 Å². The van der Waals surface area contributed by atoms with Gasteiger partial charge in [0.05, 0.1) is 11.6 Å². The van der Waals surface area contributed by atoms with Crippen LogP contribution in [0, 0.1) is 5.92 Å². The number of amides is 1. The predicted octanol–water partition coefficient (Wildman–Crippen LogP) is 1.32. The molecule has 1 aliphatic carbocycles. The van der Waals surface area contributed by atoms with Crippen molar-refractivity contribution in [3.05, 3.63) is 16.5 Å².